The van der Waals surface area contributed by atoms with E-state index >= 15 is 0 Å². The molecule has 0 spiro atoms. The number of anilines is 3. The fourth-order valence-corrected chi connectivity index (χ4v) is 3.31. The minimum absolute atomic E-state index is 0.0519. The van der Waals surface area contributed by atoms with Crippen LogP contribution in [0.4, 0.5) is 17.1 Å². The summed E-state index contributed by atoms with van der Waals surface area (Å²) in [4.78, 5) is 42.3. The molecule has 0 aliphatic carbocycles. The average molecular weight is 521 g/mol. The highest BCUT2D eigenvalue weighted by Gasteiger charge is 2.19. The van der Waals surface area contributed by atoms with Gasteiger partial charge in [-0.15, -0.1) is 0 Å². The van der Waals surface area contributed by atoms with Crippen LogP contribution < -0.4 is 25.8 Å². The molecule has 200 valence electrons. The number of benzene rings is 2. The number of rotatable bonds is 10. The molecule has 2 amide bonds. The van der Waals surface area contributed by atoms with Crippen molar-refractivity contribution in [1.29, 1.82) is 0 Å². The predicted molar refractivity (Wildman–Crippen MR) is 145 cm³/mol. The summed E-state index contributed by atoms with van der Waals surface area (Å²) in [6.45, 7) is 9.23. The van der Waals surface area contributed by atoms with Crippen LogP contribution in [0.15, 0.2) is 54.6 Å². The van der Waals surface area contributed by atoms with Crippen LogP contribution in [0, 0.1) is 0 Å². The summed E-state index contributed by atoms with van der Waals surface area (Å²) in [5.74, 6) is -1.01. The molecule has 0 bridgehead atoms. The number of ether oxygens (including phenoxy) is 3. The third-order valence-electron chi connectivity index (χ3n) is 4.96. The van der Waals surface area contributed by atoms with Gasteiger partial charge in [-0.2, -0.15) is 0 Å². The number of nitrogens with zero attached hydrogens (tertiary/aromatic N) is 1. The van der Waals surface area contributed by atoms with Crippen molar-refractivity contribution in [3.8, 4) is 11.6 Å². The molecule has 10 heteroatoms. The van der Waals surface area contributed by atoms with Crippen molar-refractivity contribution >= 4 is 34.8 Å². The molecule has 0 saturated carbocycles. The number of amides is 2. The van der Waals surface area contributed by atoms with Gasteiger partial charge < -0.3 is 30.6 Å². The van der Waals surface area contributed by atoms with Gasteiger partial charge in [0.15, 0.2) is 0 Å². The van der Waals surface area contributed by atoms with Gasteiger partial charge in [-0.05, 0) is 89.2 Å². The second kappa shape index (κ2) is 12.6. The standard InChI is InChI=1S/C28H32N4O6/c1-6-36-28(35)19-9-12-21(24(15-19)37-16(2)3)30-26(34)22-13-14-23(27(32-22)38-17(4)5)31-25(33)18-7-10-20(29)11-8-18/h7-17H,6,29H2,1-5H3,(H,30,34)(H,31,33). The molecule has 1 heterocycles. The maximum Gasteiger partial charge on any atom is 0.338 e. The number of pyridine rings is 1. The fourth-order valence-electron chi connectivity index (χ4n) is 3.31. The molecule has 4 N–H and O–H groups in total. The van der Waals surface area contributed by atoms with Crippen LogP contribution in [0.1, 0.15) is 65.8 Å². The summed E-state index contributed by atoms with van der Waals surface area (Å²) in [6, 6.07) is 14.1. The first-order valence-corrected chi connectivity index (χ1v) is 12.2. The molecule has 10 nitrogen and oxygen atoms in total. The lowest BCUT2D eigenvalue weighted by molar-refractivity contribution is 0.0525. The van der Waals surface area contributed by atoms with E-state index in [-0.39, 0.29) is 36.3 Å². The van der Waals surface area contributed by atoms with Crippen molar-refractivity contribution in [2.75, 3.05) is 23.0 Å². The number of nitrogens with one attached hydrogen (secondary N) is 2. The third kappa shape index (κ3) is 7.45. The number of esters is 1. The highest BCUT2D eigenvalue weighted by atomic mass is 16.5. The normalized spacial score (nSPS) is 10.7. The third-order valence-corrected chi connectivity index (χ3v) is 4.96. The van der Waals surface area contributed by atoms with Crippen molar-refractivity contribution in [2.24, 2.45) is 0 Å². The highest BCUT2D eigenvalue weighted by Crippen LogP contribution is 2.29. The Hall–Kier alpha value is -4.60. The molecule has 2 aromatic carbocycles. The van der Waals surface area contributed by atoms with Crippen molar-refractivity contribution < 1.29 is 28.6 Å². The second-order valence-corrected chi connectivity index (χ2v) is 8.84. The Bertz CT molecular complexity index is 1310. The molecular formula is C28H32N4O6. The molecule has 0 radical (unpaired) electrons. The fraction of sp³-hybridized carbons (Fsp3) is 0.286. The average Bonchev–Trinajstić information content (AvgIpc) is 2.86. The monoisotopic (exact) mass is 520 g/mol. The molecule has 1 aromatic heterocycles. The first-order chi connectivity index (χ1) is 18.1. The van der Waals surface area contributed by atoms with Crippen molar-refractivity contribution in [1.82, 2.24) is 4.98 Å². The van der Waals surface area contributed by atoms with Crippen LogP contribution in [0.5, 0.6) is 11.6 Å². The summed E-state index contributed by atoms with van der Waals surface area (Å²) in [5.41, 5.74) is 7.65. The Morgan fingerprint density at radius 2 is 1.42 bits per heavy atom. The molecular weight excluding hydrogens is 488 g/mol. The summed E-state index contributed by atoms with van der Waals surface area (Å²) in [5, 5.41) is 5.53. The van der Waals surface area contributed by atoms with E-state index < -0.39 is 11.9 Å². The number of carbonyl (C=O) groups excluding carboxylic acids is 3. The van der Waals surface area contributed by atoms with E-state index in [0.717, 1.165) is 0 Å². The molecule has 3 aromatic rings. The number of hydrogen-bond donors (Lipinski definition) is 3. The minimum Gasteiger partial charge on any atom is -0.489 e. The van der Waals surface area contributed by atoms with E-state index in [1.807, 2.05) is 13.8 Å². The lowest BCUT2D eigenvalue weighted by Gasteiger charge is -2.17. The van der Waals surface area contributed by atoms with Crippen LogP contribution in [0.2, 0.25) is 0 Å². The van der Waals surface area contributed by atoms with Gasteiger partial charge in [-0.3, -0.25) is 9.59 Å². The first kappa shape index (κ1) is 28.0. The zero-order valence-electron chi connectivity index (χ0n) is 22.0. The Kier molecular flexibility index (Phi) is 9.26. The number of nitrogen functional groups attached to an aromatic ring is 1. The zero-order valence-corrected chi connectivity index (χ0v) is 22.0. The maximum atomic E-state index is 13.1. The van der Waals surface area contributed by atoms with E-state index in [1.54, 1.807) is 57.2 Å². The minimum atomic E-state index is -0.535. The van der Waals surface area contributed by atoms with Gasteiger partial charge in [0.25, 0.3) is 11.8 Å². The quantitative estimate of drug-likeness (QED) is 0.253. The summed E-state index contributed by atoms with van der Waals surface area (Å²) in [7, 11) is 0. The summed E-state index contributed by atoms with van der Waals surface area (Å²) in [6.07, 6.45) is -0.481. The Morgan fingerprint density at radius 3 is 2.05 bits per heavy atom. The molecule has 0 fully saturated rings. The predicted octanol–water partition coefficient (Wildman–Crippen LogP) is 4.92. The number of aromatic nitrogens is 1. The lowest BCUT2D eigenvalue weighted by Crippen LogP contribution is -2.19. The van der Waals surface area contributed by atoms with Gasteiger partial charge in [-0.1, -0.05) is 0 Å². The molecule has 0 aliphatic heterocycles. The van der Waals surface area contributed by atoms with Crippen LogP contribution in [0.3, 0.4) is 0 Å². The molecule has 3 rings (SSSR count). The zero-order chi connectivity index (χ0) is 27.8. The maximum absolute atomic E-state index is 13.1. The molecule has 0 aliphatic rings. The largest absolute Gasteiger partial charge is 0.489 e. The van der Waals surface area contributed by atoms with E-state index in [4.69, 9.17) is 19.9 Å². The number of carbonyl (C=O) groups is 3. The molecule has 0 atom stereocenters. The highest BCUT2D eigenvalue weighted by molar-refractivity contribution is 6.06. The van der Waals surface area contributed by atoms with Crippen molar-refractivity contribution in [3.05, 3.63) is 71.4 Å². The SMILES string of the molecule is CCOC(=O)c1ccc(NC(=O)c2ccc(NC(=O)c3ccc(N)cc3)c(OC(C)C)n2)c(OC(C)C)c1. The van der Waals surface area contributed by atoms with E-state index in [2.05, 4.69) is 15.6 Å². The van der Waals surface area contributed by atoms with Gasteiger partial charge in [0.2, 0.25) is 5.88 Å². The van der Waals surface area contributed by atoms with E-state index in [0.29, 0.717) is 33.9 Å². The molecule has 0 unspecified atom stereocenters. The van der Waals surface area contributed by atoms with E-state index in [1.165, 1.54) is 18.2 Å². The van der Waals surface area contributed by atoms with E-state index in [9.17, 15) is 14.4 Å². The number of nitrogens with two attached hydrogens (primary N) is 1. The van der Waals surface area contributed by atoms with Crippen LogP contribution in [-0.2, 0) is 4.74 Å². The molecule has 0 saturated heterocycles. The molecule has 38 heavy (non-hydrogen) atoms. The van der Waals surface area contributed by atoms with Gasteiger partial charge in [0, 0.05) is 11.3 Å². The summed E-state index contributed by atoms with van der Waals surface area (Å²) < 4.78 is 16.7. The summed E-state index contributed by atoms with van der Waals surface area (Å²) >= 11 is 0. The van der Waals surface area contributed by atoms with Gasteiger partial charge in [0.1, 0.15) is 17.1 Å². The first-order valence-electron chi connectivity index (χ1n) is 12.2. The van der Waals surface area contributed by atoms with Gasteiger partial charge >= 0.3 is 5.97 Å². The lowest BCUT2D eigenvalue weighted by atomic mass is 10.1. The van der Waals surface area contributed by atoms with Crippen LogP contribution in [0.25, 0.3) is 0 Å². The Morgan fingerprint density at radius 1 is 0.816 bits per heavy atom. The number of hydrogen-bond acceptors (Lipinski definition) is 8. The van der Waals surface area contributed by atoms with Crippen LogP contribution >= 0.6 is 0 Å². The van der Waals surface area contributed by atoms with Crippen LogP contribution in [-0.4, -0.2) is 41.6 Å². The second-order valence-electron chi connectivity index (χ2n) is 8.84. The van der Waals surface area contributed by atoms with Crippen molar-refractivity contribution in [2.45, 2.75) is 46.8 Å². The van der Waals surface area contributed by atoms with Crippen molar-refractivity contribution in [3.63, 3.8) is 0 Å². The topological polar surface area (TPSA) is 142 Å². The smallest absolute Gasteiger partial charge is 0.338 e. The Labute approximate surface area is 221 Å². The Balaban J connectivity index is 1.86. The van der Waals surface area contributed by atoms with Gasteiger partial charge in [0.05, 0.1) is 30.1 Å². The van der Waals surface area contributed by atoms with Gasteiger partial charge in [-0.25, -0.2) is 9.78 Å².